The highest BCUT2D eigenvalue weighted by molar-refractivity contribution is 6.44. The maximum absolute atomic E-state index is 12.0. The topological polar surface area (TPSA) is 55.1 Å². The van der Waals surface area contributed by atoms with Gasteiger partial charge in [0.1, 0.15) is 0 Å². The summed E-state index contributed by atoms with van der Waals surface area (Å²) >= 11 is 12.0. The van der Waals surface area contributed by atoms with E-state index in [4.69, 9.17) is 28.9 Å². The van der Waals surface area contributed by atoms with E-state index in [1.165, 1.54) is 0 Å². The van der Waals surface area contributed by atoms with Crippen molar-refractivity contribution in [1.29, 1.82) is 0 Å². The van der Waals surface area contributed by atoms with Gasteiger partial charge in [0, 0.05) is 11.3 Å². The van der Waals surface area contributed by atoms with Crippen molar-refractivity contribution >= 4 is 40.5 Å². The Kier molecular flexibility index (Phi) is 3.98. The van der Waals surface area contributed by atoms with Gasteiger partial charge in [-0.15, -0.1) is 0 Å². The first-order chi connectivity index (χ1) is 9.00. The van der Waals surface area contributed by atoms with Crippen LogP contribution in [-0.2, 0) is 0 Å². The van der Waals surface area contributed by atoms with E-state index in [0.717, 1.165) is 0 Å². The fraction of sp³-hybridized carbons (Fsp3) is 0.0714. The van der Waals surface area contributed by atoms with E-state index in [2.05, 4.69) is 5.32 Å². The molecule has 2 rings (SSSR count). The third-order valence-corrected chi connectivity index (χ3v) is 3.74. The van der Waals surface area contributed by atoms with Gasteiger partial charge in [0.25, 0.3) is 5.91 Å². The minimum atomic E-state index is -0.221. The summed E-state index contributed by atoms with van der Waals surface area (Å²) in [5.41, 5.74) is 7.87. The first kappa shape index (κ1) is 13.7. The number of rotatable bonds is 2. The lowest BCUT2D eigenvalue weighted by molar-refractivity contribution is 0.102. The molecule has 0 atom stereocenters. The average Bonchev–Trinajstić information content (AvgIpc) is 2.43. The van der Waals surface area contributed by atoms with Crippen molar-refractivity contribution in [2.45, 2.75) is 6.92 Å². The first-order valence-electron chi connectivity index (χ1n) is 5.61. The molecule has 2 aromatic carbocycles. The highest BCUT2D eigenvalue weighted by Gasteiger charge is 2.13. The van der Waals surface area contributed by atoms with E-state index in [0.29, 0.717) is 32.5 Å². The van der Waals surface area contributed by atoms with Crippen LogP contribution in [-0.4, -0.2) is 5.91 Å². The Morgan fingerprint density at radius 3 is 2.42 bits per heavy atom. The van der Waals surface area contributed by atoms with Crippen LogP contribution >= 0.6 is 23.2 Å². The molecule has 3 N–H and O–H groups in total. The molecule has 0 radical (unpaired) electrons. The highest BCUT2D eigenvalue weighted by atomic mass is 35.5. The van der Waals surface area contributed by atoms with Crippen LogP contribution < -0.4 is 11.1 Å². The molecule has 0 heterocycles. The average molecular weight is 295 g/mol. The van der Waals surface area contributed by atoms with Gasteiger partial charge < -0.3 is 11.1 Å². The molecule has 5 heteroatoms. The third-order valence-electron chi connectivity index (χ3n) is 2.76. The Balaban J connectivity index is 2.32. The zero-order valence-corrected chi connectivity index (χ0v) is 11.7. The lowest BCUT2D eigenvalue weighted by atomic mass is 10.1. The summed E-state index contributed by atoms with van der Waals surface area (Å²) < 4.78 is 0. The van der Waals surface area contributed by atoms with Crippen molar-refractivity contribution in [3.63, 3.8) is 0 Å². The molecule has 0 fully saturated rings. The summed E-state index contributed by atoms with van der Waals surface area (Å²) in [5.74, 6) is -0.221. The second kappa shape index (κ2) is 5.51. The smallest absolute Gasteiger partial charge is 0.255 e. The number of carbonyl (C=O) groups is 1. The van der Waals surface area contributed by atoms with E-state index >= 15 is 0 Å². The number of hydrogen-bond acceptors (Lipinski definition) is 2. The van der Waals surface area contributed by atoms with E-state index in [1.54, 1.807) is 37.3 Å². The predicted octanol–water partition coefficient (Wildman–Crippen LogP) is 4.14. The molecule has 3 nitrogen and oxygen atoms in total. The minimum absolute atomic E-state index is 0.221. The van der Waals surface area contributed by atoms with Crippen LogP contribution in [0.2, 0.25) is 10.0 Å². The molecule has 0 aliphatic carbocycles. The molecule has 0 bridgehead atoms. The zero-order chi connectivity index (χ0) is 14.0. The number of anilines is 2. The van der Waals surface area contributed by atoms with Gasteiger partial charge in [0.15, 0.2) is 0 Å². The van der Waals surface area contributed by atoms with Gasteiger partial charge in [-0.1, -0.05) is 41.4 Å². The van der Waals surface area contributed by atoms with Crippen LogP contribution in [0.1, 0.15) is 15.9 Å². The van der Waals surface area contributed by atoms with Crippen molar-refractivity contribution in [2.24, 2.45) is 0 Å². The molecule has 0 saturated heterocycles. The van der Waals surface area contributed by atoms with Gasteiger partial charge in [-0.25, -0.2) is 0 Å². The monoisotopic (exact) mass is 294 g/mol. The Morgan fingerprint density at radius 2 is 1.79 bits per heavy atom. The van der Waals surface area contributed by atoms with E-state index in [-0.39, 0.29) is 5.91 Å². The normalized spacial score (nSPS) is 10.3. The Hall–Kier alpha value is -1.71. The van der Waals surface area contributed by atoms with Crippen molar-refractivity contribution in [3.8, 4) is 0 Å². The number of nitrogen functional groups attached to an aromatic ring is 1. The fourth-order valence-electron chi connectivity index (χ4n) is 1.65. The molecular weight excluding hydrogens is 283 g/mol. The zero-order valence-electron chi connectivity index (χ0n) is 10.2. The Labute approximate surface area is 121 Å². The summed E-state index contributed by atoms with van der Waals surface area (Å²) in [6, 6.07) is 10.5. The summed E-state index contributed by atoms with van der Waals surface area (Å²) in [7, 11) is 0. The third kappa shape index (κ3) is 2.83. The predicted molar refractivity (Wildman–Crippen MR) is 80.0 cm³/mol. The summed E-state index contributed by atoms with van der Waals surface area (Å²) in [5, 5.41) is 3.43. The van der Waals surface area contributed by atoms with Crippen molar-refractivity contribution < 1.29 is 4.79 Å². The second-order valence-corrected chi connectivity index (χ2v) is 4.84. The first-order valence-corrected chi connectivity index (χ1v) is 6.36. The van der Waals surface area contributed by atoms with Gasteiger partial charge in [-0.05, 0) is 30.7 Å². The number of nitrogens with two attached hydrogens (primary N) is 1. The lowest BCUT2D eigenvalue weighted by Gasteiger charge is -2.12. The maximum Gasteiger partial charge on any atom is 0.255 e. The molecule has 0 spiro atoms. The van der Waals surface area contributed by atoms with Crippen LogP contribution in [0.3, 0.4) is 0 Å². The number of carbonyl (C=O) groups excluding carboxylic acids is 1. The van der Waals surface area contributed by atoms with Crippen molar-refractivity contribution in [2.75, 3.05) is 11.1 Å². The number of hydrogen-bond donors (Lipinski definition) is 2. The summed E-state index contributed by atoms with van der Waals surface area (Å²) in [6.07, 6.45) is 0. The molecule has 0 aromatic heterocycles. The molecule has 0 unspecified atom stereocenters. The summed E-state index contributed by atoms with van der Waals surface area (Å²) in [6.45, 7) is 1.77. The van der Waals surface area contributed by atoms with Crippen LogP contribution in [0.4, 0.5) is 11.4 Å². The SMILES string of the molecule is Cc1c(NC(=O)c2ccccc2)cc(N)c(Cl)c1Cl. The lowest BCUT2D eigenvalue weighted by Crippen LogP contribution is -2.13. The standard InChI is InChI=1S/C14H12Cl2N2O/c1-8-11(7-10(17)13(16)12(8)15)18-14(19)9-5-3-2-4-6-9/h2-7H,17H2,1H3,(H,18,19). The number of nitrogens with one attached hydrogen (secondary N) is 1. The van der Waals surface area contributed by atoms with Gasteiger partial charge in [-0.3, -0.25) is 4.79 Å². The van der Waals surface area contributed by atoms with Gasteiger partial charge >= 0.3 is 0 Å². The summed E-state index contributed by atoms with van der Waals surface area (Å²) in [4.78, 5) is 12.0. The Bertz CT molecular complexity index is 627. The number of halogens is 2. The van der Waals surface area contributed by atoms with Gasteiger partial charge in [-0.2, -0.15) is 0 Å². The molecule has 0 saturated carbocycles. The van der Waals surface area contributed by atoms with Crippen LogP contribution in [0.5, 0.6) is 0 Å². The fourth-order valence-corrected chi connectivity index (χ4v) is 2.06. The minimum Gasteiger partial charge on any atom is -0.397 e. The van der Waals surface area contributed by atoms with E-state index in [9.17, 15) is 4.79 Å². The number of benzene rings is 2. The van der Waals surface area contributed by atoms with Crippen LogP contribution in [0.15, 0.2) is 36.4 Å². The van der Waals surface area contributed by atoms with Crippen LogP contribution in [0, 0.1) is 6.92 Å². The maximum atomic E-state index is 12.0. The molecule has 98 valence electrons. The van der Waals surface area contributed by atoms with Crippen molar-refractivity contribution in [3.05, 3.63) is 57.6 Å². The second-order valence-electron chi connectivity index (χ2n) is 4.09. The number of amides is 1. The molecule has 1 amide bonds. The van der Waals surface area contributed by atoms with Crippen molar-refractivity contribution in [1.82, 2.24) is 0 Å². The van der Waals surface area contributed by atoms with E-state index < -0.39 is 0 Å². The van der Waals surface area contributed by atoms with Gasteiger partial charge in [0.05, 0.1) is 15.7 Å². The van der Waals surface area contributed by atoms with Crippen LogP contribution in [0.25, 0.3) is 0 Å². The largest absolute Gasteiger partial charge is 0.397 e. The van der Waals surface area contributed by atoms with E-state index in [1.807, 2.05) is 6.07 Å². The highest BCUT2D eigenvalue weighted by Crippen LogP contribution is 2.36. The molecule has 0 aliphatic rings. The Morgan fingerprint density at radius 1 is 1.16 bits per heavy atom. The molecule has 0 aliphatic heterocycles. The molecule has 2 aromatic rings. The van der Waals surface area contributed by atoms with Gasteiger partial charge in [0.2, 0.25) is 0 Å². The molecular formula is C14H12Cl2N2O. The molecule has 19 heavy (non-hydrogen) atoms. The quantitative estimate of drug-likeness (QED) is 0.818.